The van der Waals surface area contributed by atoms with E-state index in [1.807, 2.05) is 12.2 Å². The van der Waals surface area contributed by atoms with Crippen molar-refractivity contribution >= 4 is 6.08 Å². The van der Waals surface area contributed by atoms with Gasteiger partial charge in [0, 0.05) is 11.8 Å². The molecule has 0 N–H and O–H groups in total. The summed E-state index contributed by atoms with van der Waals surface area (Å²) in [5, 5.41) is 0. The molecular weight excluding hydrogens is 330 g/mol. The van der Waals surface area contributed by atoms with Crippen molar-refractivity contribution in [1.82, 2.24) is 4.98 Å². The number of aromatic nitrogens is 1. The van der Waals surface area contributed by atoms with E-state index in [9.17, 15) is 17.6 Å². The normalized spacial score (nSPS) is 14.7. The third kappa shape index (κ3) is 3.98. The standard InChI is InChI=1S/C20H17F4N/c1-13(15-3-2-4-15)5-6-14-7-10-19(25-12-14)17-9-8-16(11-18(17)21)20(22,23)24/h5-12H,2-4H2,1H3/b6-5+. The van der Waals surface area contributed by atoms with Crippen molar-refractivity contribution in [2.75, 3.05) is 0 Å². The first-order chi connectivity index (χ1) is 11.8. The highest BCUT2D eigenvalue weighted by atomic mass is 19.4. The van der Waals surface area contributed by atoms with Crippen molar-refractivity contribution in [3.8, 4) is 11.3 Å². The topological polar surface area (TPSA) is 12.9 Å². The lowest BCUT2D eigenvalue weighted by molar-refractivity contribution is -0.137. The Labute approximate surface area is 143 Å². The molecule has 1 heterocycles. The van der Waals surface area contributed by atoms with Gasteiger partial charge in [-0.1, -0.05) is 29.4 Å². The third-order valence-electron chi connectivity index (χ3n) is 4.40. The molecule has 25 heavy (non-hydrogen) atoms. The highest BCUT2D eigenvalue weighted by Crippen LogP contribution is 2.32. The first-order valence-electron chi connectivity index (χ1n) is 8.04. The van der Waals surface area contributed by atoms with Crippen LogP contribution in [-0.4, -0.2) is 4.98 Å². The van der Waals surface area contributed by atoms with E-state index in [2.05, 4.69) is 11.9 Å². The zero-order valence-electron chi connectivity index (χ0n) is 13.7. The Hall–Kier alpha value is -2.43. The lowest BCUT2D eigenvalue weighted by Gasteiger charge is -2.18. The van der Waals surface area contributed by atoms with Crippen LogP contribution in [0, 0.1) is 5.82 Å². The Morgan fingerprint density at radius 2 is 1.88 bits per heavy atom. The molecule has 0 amide bonds. The maximum absolute atomic E-state index is 14.0. The van der Waals surface area contributed by atoms with Crippen molar-refractivity contribution in [2.45, 2.75) is 32.4 Å². The highest BCUT2D eigenvalue weighted by molar-refractivity contribution is 5.62. The van der Waals surface area contributed by atoms with Crippen molar-refractivity contribution in [3.05, 3.63) is 70.7 Å². The summed E-state index contributed by atoms with van der Waals surface area (Å²) in [7, 11) is 0. The Bertz CT molecular complexity index is 824. The number of nitrogens with zero attached hydrogens (tertiary/aromatic N) is 1. The first kappa shape index (κ1) is 17.4. The maximum Gasteiger partial charge on any atom is 0.416 e. The van der Waals surface area contributed by atoms with Gasteiger partial charge in [0.1, 0.15) is 5.82 Å². The van der Waals surface area contributed by atoms with Crippen LogP contribution in [0.2, 0.25) is 0 Å². The highest BCUT2D eigenvalue weighted by Gasteiger charge is 2.31. The molecule has 1 fully saturated rings. The second-order valence-electron chi connectivity index (χ2n) is 6.14. The van der Waals surface area contributed by atoms with Crippen LogP contribution in [-0.2, 0) is 6.18 Å². The van der Waals surface area contributed by atoms with Gasteiger partial charge in [-0.2, -0.15) is 13.2 Å². The minimum Gasteiger partial charge on any atom is -0.256 e. The predicted molar refractivity (Wildman–Crippen MR) is 90.2 cm³/mol. The van der Waals surface area contributed by atoms with Crippen LogP contribution in [0.4, 0.5) is 17.6 Å². The number of pyridine rings is 1. The quantitative estimate of drug-likeness (QED) is 0.584. The second-order valence-corrected chi connectivity index (χ2v) is 6.14. The molecule has 1 aromatic heterocycles. The Kier molecular flexibility index (Phi) is 4.75. The maximum atomic E-state index is 14.0. The fraction of sp³-hybridized carbons (Fsp3) is 0.250. The van der Waals surface area contributed by atoms with Crippen molar-refractivity contribution in [1.29, 1.82) is 0 Å². The van der Waals surface area contributed by atoms with Gasteiger partial charge >= 0.3 is 6.18 Å². The monoisotopic (exact) mass is 347 g/mol. The van der Waals surface area contributed by atoms with Crippen LogP contribution < -0.4 is 0 Å². The molecular formula is C20H17F4N. The number of hydrogen-bond acceptors (Lipinski definition) is 1. The average molecular weight is 347 g/mol. The van der Waals surface area contributed by atoms with Crippen LogP contribution in [0.25, 0.3) is 17.3 Å². The fourth-order valence-electron chi connectivity index (χ4n) is 2.65. The molecule has 0 bridgehead atoms. The van der Waals surface area contributed by atoms with Crippen LogP contribution in [0.15, 0.2) is 53.8 Å². The van der Waals surface area contributed by atoms with E-state index in [0.717, 1.165) is 30.5 Å². The summed E-state index contributed by atoms with van der Waals surface area (Å²) in [4.78, 5) is 4.17. The minimum atomic E-state index is -4.56. The molecule has 130 valence electrons. The van der Waals surface area contributed by atoms with E-state index in [0.29, 0.717) is 11.8 Å². The van der Waals surface area contributed by atoms with E-state index < -0.39 is 17.6 Å². The Balaban J connectivity index is 1.79. The summed E-state index contributed by atoms with van der Waals surface area (Å²) in [5.41, 5.74) is 2.92. The van der Waals surface area contributed by atoms with Gasteiger partial charge in [-0.15, -0.1) is 0 Å². The summed E-state index contributed by atoms with van der Waals surface area (Å²) in [5.74, 6) is -0.934. The number of halogens is 4. The molecule has 1 aliphatic rings. The van der Waals surface area contributed by atoms with Gasteiger partial charge in [0.25, 0.3) is 0 Å². The first-order valence-corrected chi connectivity index (χ1v) is 8.04. The third-order valence-corrected chi connectivity index (χ3v) is 4.40. The van der Waals surface area contributed by atoms with Crippen LogP contribution in [0.5, 0.6) is 0 Å². The Morgan fingerprint density at radius 1 is 1.12 bits per heavy atom. The number of alkyl halides is 3. The summed E-state index contributed by atoms with van der Waals surface area (Å²) >= 11 is 0. The molecule has 0 saturated heterocycles. The van der Waals surface area contributed by atoms with Crippen molar-refractivity contribution < 1.29 is 17.6 Å². The lowest BCUT2D eigenvalue weighted by atomic mass is 9.88. The van der Waals surface area contributed by atoms with Gasteiger partial charge in [-0.3, -0.25) is 4.98 Å². The van der Waals surface area contributed by atoms with Crippen LogP contribution in [0.1, 0.15) is 37.3 Å². The predicted octanol–water partition coefficient (Wildman–Crippen LogP) is 6.42. The van der Waals surface area contributed by atoms with Gasteiger partial charge in [-0.25, -0.2) is 4.39 Å². The summed E-state index contributed by atoms with van der Waals surface area (Å²) < 4.78 is 51.8. The number of allylic oxidation sites excluding steroid dienone is 3. The molecule has 0 atom stereocenters. The van der Waals surface area contributed by atoms with Gasteiger partial charge in [0.15, 0.2) is 0 Å². The molecule has 0 aliphatic heterocycles. The molecule has 1 aliphatic carbocycles. The largest absolute Gasteiger partial charge is 0.416 e. The second kappa shape index (κ2) is 6.82. The summed E-state index contributed by atoms with van der Waals surface area (Å²) in [6, 6.07) is 5.86. The molecule has 1 nitrogen and oxygen atoms in total. The SMILES string of the molecule is CC(/C=C/c1ccc(-c2ccc(C(F)(F)F)cc2F)nc1)=C1CCC1. The van der Waals surface area contributed by atoms with Gasteiger partial charge < -0.3 is 0 Å². The van der Waals surface area contributed by atoms with Crippen LogP contribution >= 0.6 is 0 Å². The number of rotatable bonds is 3. The minimum absolute atomic E-state index is 0.0521. The lowest BCUT2D eigenvalue weighted by Crippen LogP contribution is -2.05. The summed E-state index contributed by atoms with van der Waals surface area (Å²) in [6.07, 6.45) is 4.54. The van der Waals surface area contributed by atoms with E-state index >= 15 is 0 Å². The van der Waals surface area contributed by atoms with Crippen molar-refractivity contribution in [2.24, 2.45) is 0 Å². The molecule has 0 spiro atoms. The van der Waals surface area contributed by atoms with E-state index in [-0.39, 0.29) is 5.56 Å². The molecule has 2 aromatic rings. The average Bonchev–Trinajstić information content (AvgIpc) is 2.51. The molecule has 0 unspecified atom stereocenters. The van der Waals surface area contributed by atoms with Crippen molar-refractivity contribution in [3.63, 3.8) is 0 Å². The van der Waals surface area contributed by atoms with Crippen LogP contribution in [0.3, 0.4) is 0 Å². The van der Waals surface area contributed by atoms with Gasteiger partial charge in [0.05, 0.1) is 11.3 Å². The number of hydrogen-bond donors (Lipinski definition) is 0. The van der Waals surface area contributed by atoms with Gasteiger partial charge in [0.2, 0.25) is 0 Å². The zero-order valence-corrected chi connectivity index (χ0v) is 13.7. The molecule has 3 rings (SSSR count). The van der Waals surface area contributed by atoms with Gasteiger partial charge in [-0.05, 0) is 56.0 Å². The van der Waals surface area contributed by atoms with E-state index in [1.165, 1.54) is 17.6 Å². The summed E-state index contributed by atoms with van der Waals surface area (Å²) in [6.45, 7) is 2.07. The molecule has 1 aromatic carbocycles. The van der Waals surface area contributed by atoms with E-state index in [1.54, 1.807) is 18.3 Å². The smallest absolute Gasteiger partial charge is 0.256 e. The molecule has 0 radical (unpaired) electrons. The van der Waals surface area contributed by atoms with E-state index in [4.69, 9.17) is 0 Å². The Morgan fingerprint density at radius 3 is 2.40 bits per heavy atom. The molecule has 1 saturated carbocycles. The molecule has 5 heteroatoms. The zero-order chi connectivity index (χ0) is 18.0. The number of benzene rings is 1. The fourth-order valence-corrected chi connectivity index (χ4v) is 2.65.